The van der Waals surface area contributed by atoms with Crippen LogP contribution in [0.5, 0.6) is 17.2 Å². The van der Waals surface area contributed by atoms with Crippen molar-refractivity contribution in [2.24, 2.45) is 5.92 Å². The molecule has 1 aliphatic carbocycles. The second-order valence-corrected chi connectivity index (χ2v) is 11.9. The number of rotatable bonds is 8. The van der Waals surface area contributed by atoms with Gasteiger partial charge < -0.3 is 29.2 Å². The number of nitrogens with one attached hydrogen (secondary N) is 2. The number of carbonyl (C=O) groups excluding carboxylic acids is 1. The van der Waals surface area contributed by atoms with Crippen molar-refractivity contribution >= 4 is 29.3 Å². The number of pyridine rings is 1. The minimum atomic E-state index is -0.911. The van der Waals surface area contributed by atoms with Gasteiger partial charge in [0.25, 0.3) is 17.3 Å². The largest absolute Gasteiger partial charge is 0.492 e. The zero-order chi connectivity index (χ0) is 27.9. The Balaban J connectivity index is 1.30. The molecule has 1 aromatic carbocycles. The van der Waals surface area contributed by atoms with E-state index in [1.54, 1.807) is 7.11 Å². The highest BCUT2D eigenvalue weighted by molar-refractivity contribution is 7.98. The van der Waals surface area contributed by atoms with Crippen LogP contribution in [0.2, 0.25) is 5.02 Å². The van der Waals surface area contributed by atoms with Crippen LogP contribution in [0.25, 0.3) is 0 Å². The number of aromatic nitrogens is 1. The number of aryl methyl sites for hydroxylation is 1. The minimum absolute atomic E-state index is 0.0585. The molecule has 1 amide bonds. The summed E-state index contributed by atoms with van der Waals surface area (Å²) in [5.74, 6) is -0.185. The first-order valence-electron chi connectivity index (χ1n) is 13.3. The number of amides is 1. The number of thioether (sulfide) groups is 1. The predicted molar refractivity (Wildman–Crippen MR) is 151 cm³/mol. The highest BCUT2D eigenvalue weighted by Crippen LogP contribution is 2.54. The first kappa shape index (κ1) is 28.1. The number of benzene rings is 1. The van der Waals surface area contributed by atoms with Gasteiger partial charge in [0.2, 0.25) is 5.75 Å². The monoisotopic (exact) mass is 577 g/mol. The fourth-order valence-electron chi connectivity index (χ4n) is 5.93. The maximum Gasteiger partial charge on any atom is 0.255 e. The third kappa shape index (κ3) is 5.36. The zero-order valence-electron chi connectivity index (χ0n) is 23.0. The van der Waals surface area contributed by atoms with Crippen LogP contribution < -0.4 is 25.1 Å². The Morgan fingerprint density at radius 1 is 1.21 bits per heavy atom. The highest BCUT2D eigenvalue weighted by Gasteiger charge is 2.49. The van der Waals surface area contributed by atoms with Gasteiger partial charge in [0.15, 0.2) is 11.5 Å². The van der Waals surface area contributed by atoms with Crippen molar-refractivity contribution in [3.05, 3.63) is 44.3 Å². The summed E-state index contributed by atoms with van der Waals surface area (Å²) in [4.78, 5) is 31.9. The van der Waals surface area contributed by atoms with Crippen molar-refractivity contribution in [1.29, 1.82) is 0 Å². The third-order valence-electron chi connectivity index (χ3n) is 8.24. The number of hydrogen-bond donors (Lipinski definition) is 2. The van der Waals surface area contributed by atoms with Gasteiger partial charge in [0.1, 0.15) is 0 Å². The van der Waals surface area contributed by atoms with E-state index in [0.717, 1.165) is 49.4 Å². The van der Waals surface area contributed by atoms with Crippen LogP contribution in [0.4, 0.5) is 0 Å². The second kappa shape index (κ2) is 11.2. The van der Waals surface area contributed by atoms with Crippen LogP contribution in [0, 0.1) is 12.8 Å². The number of hydrogen-bond acceptors (Lipinski definition) is 8. The molecule has 212 valence electrons. The average Bonchev–Trinajstić information content (AvgIpc) is 3.26. The summed E-state index contributed by atoms with van der Waals surface area (Å²) in [7, 11) is 3.26. The number of likely N-dealkylation sites (tertiary alicyclic amines) is 1. The number of ether oxygens (including phenoxy) is 4. The van der Waals surface area contributed by atoms with Gasteiger partial charge in [0, 0.05) is 61.8 Å². The first-order chi connectivity index (χ1) is 18.7. The molecule has 39 heavy (non-hydrogen) atoms. The Morgan fingerprint density at radius 2 is 1.90 bits per heavy atom. The van der Waals surface area contributed by atoms with E-state index in [0.29, 0.717) is 29.2 Å². The maximum absolute atomic E-state index is 13.3. The molecular formula is C28H36ClN3O6S. The second-order valence-electron chi connectivity index (χ2n) is 10.6. The van der Waals surface area contributed by atoms with Crippen LogP contribution in [0.3, 0.4) is 0 Å². The number of H-pyrrole nitrogens is 1. The summed E-state index contributed by atoms with van der Waals surface area (Å²) in [6, 6.07) is 3.98. The van der Waals surface area contributed by atoms with Gasteiger partial charge in [-0.05, 0) is 51.0 Å². The SMILES string of the molecule is COc1c(C(=O)NCc2c(SC)cc(C)[nH]c2=O)cc(Cl)c2c1O[C@](C)([C@H]1CC[C@H](N3CC(OC)C3)CC1)O2. The molecule has 0 spiro atoms. The molecule has 1 aromatic heterocycles. The summed E-state index contributed by atoms with van der Waals surface area (Å²) in [5, 5.41) is 3.12. The Labute approximate surface area is 237 Å². The van der Waals surface area contributed by atoms with E-state index in [1.165, 1.54) is 24.9 Å². The maximum atomic E-state index is 13.3. The Hall–Kier alpha value is -2.40. The van der Waals surface area contributed by atoms with E-state index in [2.05, 4.69) is 15.2 Å². The molecule has 0 unspecified atom stereocenters. The van der Waals surface area contributed by atoms with Crippen molar-refractivity contribution in [1.82, 2.24) is 15.2 Å². The molecule has 1 atom stereocenters. The number of carbonyl (C=O) groups is 1. The van der Waals surface area contributed by atoms with Crippen molar-refractivity contribution in [3.63, 3.8) is 0 Å². The van der Waals surface area contributed by atoms with Crippen molar-refractivity contribution in [3.8, 4) is 17.2 Å². The molecule has 9 nitrogen and oxygen atoms in total. The average molecular weight is 578 g/mol. The predicted octanol–water partition coefficient (Wildman–Crippen LogP) is 4.37. The van der Waals surface area contributed by atoms with Crippen molar-refractivity contribution in [2.75, 3.05) is 33.6 Å². The first-order valence-corrected chi connectivity index (χ1v) is 14.9. The zero-order valence-corrected chi connectivity index (χ0v) is 24.6. The van der Waals surface area contributed by atoms with Crippen LogP contribution in [-0.4, -0.2) is 67.3 Å². The molecule has 2 aromatic rings. The Kier molecular flexibility index (Phi) is 8.10. The van der Waals surface area contributed by atoms with E-state index in [9.17, 15) is 9.59 Å². The number of halogens is 1. The smallest absolute Gasteiger partial charge is 0.255 e. The molecular weight excluding hydrogens is 542 g/mol. The number of fused-ring (bicyclic) bond motifs is 1. The quantitative estimate of drug-likeness (QED) is 0.446. The van der Waals surface area contributed by atoms with E-state index >= 15 is 0 Å². The molecule has 1 saturated heterocycles. The molecule has 2 fully saturated rings. The van der Waals surface area contributed by atoms with E-state index < -0.39 is 11.7 Å². The Morgan fingerprint density at radius 3 is 2.54 bits per heavy atom. The number of aromatic amines is 1. The highest BCUT2D eigenvalue weighted by atomic mass is 35.5. The van der Waals surface area contributed by atoms with Crippen molar-refractivity contribution < 1.29 is 23.7 Å². The van der Waals surface area contributed by atoms with Crippen molar-refractivity contribution in [2.45, 2.75) is 68.9 Å². The molecule has 5 rings (SSSR count). The van der Waals surface area contributed by atoms with Gasteiger partial charge in [0.05, 0.1) is 23.8 Å². The van der Waals surface area contributed by atoms with Crippen LogP contribution >= 0.6 is 23.4 Å². The van der Waals surface area contributed by atoms with Crippen LogP contribution in [0.15, 0.2) is 21.8 Å². The summed E-state index contributed by atoms with van der Waals surface area (Å²) in [6.07, 6.45) is 6.29. The lowest BCUT2D eigenvalue weighted by Crippen LogP contribution is -2.57. The van der Waals surface area contributed by atoms with Gasteiger partial charge in [-0.3, -0.25) is 14.5 Å². The van der Waals surface area contributed by atoms with Gasteiger partial charge in [-0.25, -0.2) is 0 Å². The normalized spacial score (nSPS) is 24.9. The lowest BCUT2D eigenvalue weighted by atomic mass is 9.80. The van der Waals surface area contributed by atoms with E-state index in [1.807, 2.05) is 26.2 Å². The summed E-state index contributed by atoms with van der Waals surface area (Å²) in [6.45, 7) is 5.81. The van der Waals surface area contributed by atoms with Gasteiger partial charge in [-0.1, -0.05) is 11.6 Å². The fourth-order valence-corrected chi connectivity index (χ4v) is 6.86. The van der Waals surface area contributed by atoms with Gasteiger partial charge in [-0.2, -0.15) is 0 Å². The van der Waals surface area contributed by atoms with Crippen LogP contribution in [0.1, 0.15) is 54.2 Å². The molecule has 2 N–H and O–H groups in total. The molecule has 0 bridgehead atoms. The third-order valence-corrected chi connectivity index (χ3v) is 9.33. The lowest BCUT2D eigenvalue weighted by Gasteiger charge is -2.47. The Bertz CT molecular complexity index is 1310. The van der Waals surface area contributed by atoms with E-state index in [4.69, 9.17) is 30.5 Å². The fraction of sp³-hybridized carbons (Fsp3) is 0.571. The minimum Gasteiger partial charge on any atom is -0.492 e. The summed E-state index contributed by atoms with van der Waals surface area (Å²) in [5.41, 5.74) is 1.25. The van der Waals surface area contributed by atoms with Crippen LogP contribution in [-0.2, 0) is 11.3 Å². The molecule has 11 heteroatoms. The summed E-state index contributed by atoms with van der Waals surface area (Å²) < 4.78 is 23.9. The van der Waals surface area contributed by atoms with E-state index in [-0.39, 0.29) is 34.4 Å². The standard InChI is InChI=1S/C28H36ClN3O6S/c1-15-10-22(39-5)20(27(34)31-15)12-30-26(33)19-11-21(29)24-25(23(19)36-4)38-28(2,37-24)16-6-8-17(9-7-16)32-13-18(14-32)35-3/h10-11,16-18H,6-9,12-14H2,1-5H3,(H,30,33)(H,31,34)/t16-,17-,28-/m1/s1. The summed E-state index contributed by atoms with van der Waals surface area (Å²) >= 11 is 8.08. The molecule has 3 aliphatic rings. The molecule has 0 radical (unpaired) electrons. The topological polar surface area (TPSA) is 102 Å². The number of nitrogens with zero attached hydrogens (tertiary/aromatic N) is 1. The van der Waals surface area contributed by atoms with Gasteiger partial charge >= 0.3 is 0 Å². The number of methoxy groups -OCH3 is 2. The molecule has 2 aliphatic heterocycles. The molecule has 1 saturated carbocycles. The van der Waals surface area contributed by atoms with Gasteiger partial charge in [-0.15, -0.1) is 11.8 Å². The molecule has 3 heterocycles. The lowest BCUT2D eigenvalue weighted by molar-refractivity contribution is -0.130.